The molecule has 1 atom stereocenters. The van der Waals surface area contributed by atoms with E-state index >= 15 is 0 Å². The third kappa shape index (κ3) is 2.96. The van der Waals surface area contributed by atoms with E-state index in [2.05, 4.69) is 0 Å². The van der Waals surface area contributed by atoms with Crippen LogP contribution in [0.4, 0.5) is 8.78 Å². The first kappa shape index (κ1) is 14.4. The van der Waals surface area contributed by atoms with Crippen molar-refractivity contribution in [2.75, 3.05) is 0 Å². The Labute approximate surface area is 108 Å². The third-order valence-corrected chi connectivity index (χ3v) is 2.80. The number of rotatable bonds is 4. The van der Waals surface area contributed by atoms with Crippen molar-refractivity contribution in [2.45, 2.75) is 25.9 Å². The molecule has 96 valence electrons. The summed E-state index contributed by atoms with van der Waals surface area (Å²) in [7, 11) is 0. The number of hydrogen-bond acceptors (Lipinski definition) is 3. The number of nitrogens with zero attached hydrogens (tertiary/aromatic N) is 1. The van der Waals surface area contributed by atoms with E-state index in [1.807, 2.05) is 0 Å². The van der Waals surface area contributed by atoms with Gasteiger partial charge in [-0.15, -0.1) is 0 Å². The fraction of sp³-hybridized carbons (Fsp3) is 0.333. The van der Waals surface area contributed by atoms with Crippen LogP contribution < -0.4 is 4.74 Å². The molecule has 1 unspecified atom stereocenters. The van der Waals surface area contributed by atoms with Gasteiger partial charge in [-0.05, 0) is 19.1 Å². The van der Waals surface area contributed by atoms with Crippen molar-refractivity contribution in [3.63, 3.8) is 0 Å². The highest BCUT2D eigenvalue weighted by Gasteiger charge is 2.32. The van der Waals surface area contributed by atoms with Crippen LogP contribution in [-0.2, 0) is 0 Å². The molecule has 0 aromatic heterocycles. The number of halogens is 3. The van der Waals surface area contributed by atoms with Crippen LogP contribution in [0.25, 0.3) is 0 Å². The van der Waals surface area contributed by atoms with Gasteiger partial charge < -0.3 is 4.74 Å². The molecule has 3 nitrogen and oxygen atoms in total. The fourth-order valence-electron chi connectivity index (χ4n) is 1.17. The van der Waals surface area contributed by atoms with E-state index in [-0.39, 0.29) is 21.9 Å². The first-order valence-electron chi connectivity index (χ1n) is 5.03. The SMILES string of the molecule is CC(Oc1ccc(C#N)c(Cl)c1C=O)C(C)(F)F. The molecule has 0 aliphatic heterocycles. The minimum Gasteiger partial charge on any atom is -0.484 e. The molecule has 0 fully saturated rings. The van der Waals surface area contributed by atoms with Crippen LogP contribution in [0.5, 0.6) is 5.75 Å². The second kappa shape index (κ2) is 5.32. The number of ether oxygens (including phenoxy) is 1. The van der Waals surface area contributed by atoms with Gasteiger partial charge in [0.15, 0.2) is 12.4 Å². The van der Waals surface area contributed by atoms with Gasteiger partial charge in [-0.1, -0.05) is 11.6 Å². The van der Waals surface area contributed by atoms with Crippen molar-refractivity contribution >= 4 is 17.9 Å². The summed E-state index contributed by atoms with van der Waals surface area (Å²) in [5.74, 6) is -3.12. The molecule has 0 bridgehead atoms. The van der Waals surface area contributed by atoms with E-state index in [1.54, 1.807) is 6.07 Å². The monoisotopic (exact) mass is 273 g/mol. The number of carbonyl (C=O) groups is 1. The Hall–Kier alpha value is -1.67. The smallest absolute Gasteiger partial charge is 0.281 e. The lowest BCUT2D eigenvalue weighted by atomic mass is 10.1. The van der Waals surface area contributed by atoms with Crippen LogP contribution in [0, 0.1) is 11.3 Å². The average molecular weight is 274 g/mol. The molecule has 0 radical (unpaired) electrons. The maximum atomic E-state index is 13.0. The third-order valence-electron chi connectivity index (χ3n) is 2.40. The minimum atomic E-state index is -3.06. The summed E-state index contributed by atoms with van der Waals surface area (Å²) in [6.07, 6.45) is -1.04. The van der Waals surface area contributed by atoms with Gasteiger partial charge in [-0.25, -0.2) is 8.78 Å². The molecule has 0 spiro atoms. The summed E-state index contributed by atoms with van der Waals surface area (Å²) in [6.45, 7) is 1.89. The molecule has 1 aromatic carbocycles. The first-order valence-corrected chi connectivity index (χ1v) is 5.41. The zero-order valence-electron chi connectivity index (χ0n) is 9.71. The number of carbonyl (C=O) groups excluding carboxylic acids is 1. The van der Waals surface area contributed by atoms with Crippen molar-refractivity contribution in [3.8, 4) is 11.8 Å². The van der Waals surface area contributed by atoms with Crippen LogP contribution in [0.1, 0.15) is 29.8 Å². The van der Waals surface area contributed by atoms with Crippen molar-refractivity contribution in [3.05, 3.63) is 28.3 Å². The molecular weight excluding hydrogens is 264 g/mol. The van der Waals surface area contributed by atoms with E-state index in [0.717, 1.165) is 0 Å². The topological polar surface area (TPSA) is 50.1 Å². The van der Waals surface area contributed by atoms with Crippen LogP contribution >= 0.6 is 11.6 Å². The zero-order valence-corrected chi connectivity index (χ0v) is 10.5. The molecule has 6 heteroatoms. The van der Waals surface area contributed by atoms with E-state index in [1.165, 1.54) is 19.1 Å². The molecule has 0 saturated heterocycles. The predicted molar refractivity (Wildman–Crippen MR) is 62.3 cm³/mol. The highest BCUT2D eigenvalue weighted by molar-refractivity contribution is 6.34. The largest absolute Gasteiger partial charge is 0.484 e. The first-order chi connectivity index (χ1) is 8.31. The molecule has 0 saturated carbocycles. The van der Waals surface area contributed by atoms with Crippen LogP contribution in [0.15, 0.2) is 12.1 Å². The molecule has 0 N–H and O–H groups in total. The molecule has 0 aliphatic rings. The minimum absolute atomic E-state index is 0.0666. The van der Waals surface area contributed by atoms with Crippen molar-refractivity contribution in [2.24, 2.45) is 0 Å². The molecular formula is C12H10ClF2NO2. The molecule has 0 amide bonds. The van der Waals surface area contributed by atoms with E-state index in [4.69, 9.17) is 21.6 Å². The van der Waals surface area contributed by atoms with Gasteiger partial charge >= 0.3 is 0 Å². The summed E-state index contributed by atoms with van der Waals surface area (Å²) < 4.78 is 31.0. The van der Waals surface area contributed by atoms with Gasteiger partial charge in [-0.2, -0.15) is 5.26 Å². The summed E-state index contributed by atoms with van der Waals surface area (Å²) in [6, 6.07) is 4.37. The van der Waals surface area contributed by atoms with Gasteiger partial charge in [0.25, 0.3) is 5.92 Å². The highest BCUT2D eigenvalue weighted by atomic mass is 35.5. The lowest BCUT2D eigenvalue weighted by molar-refractivity contribution is -0.0719. The number of benzene rings is 1. The van der Waals surface area contributed by atoms with Crippen LogP contribution in [0.3, 0.4) is 0 Å². The summed E-state index contributed by atoms with van der Waals surface area (Å²) in [5.41, 5.74) is -0.0196. The van der Waals surface area contributed by atoms with Gasteiger partial charge in [0.1, 0.15) is 11.8 Å². The van der Waals surface area contributed by atoms with Gasteiger partial charge in [0, 0.05) is 6.92 Å². The van der Waals surface area contributed by atoms with Gasteiger partial charge in [-0.3, -0.25) is 4.79 Å². The Morgan fingerprint density at radius 2 is 2.17 bits per heavy atom. The molecule has 1 rings (SSSR count). The molecule has 18 heavy (non-hydrogen) atoms. The molecule has 1 aromatic rings. The molecule has 0 aliphatic carbocycles. The maximum Gasteiger partial charge on any atom is 0.281 e. The normalized spacial score (nSPS) is 12.7. The van der Waals surface area contributed by atoms with E-state index in [9.17, 15) is 13.6 Å². The predicted octanol–water partition coefficient (Wildman–Crippen LogP) is 3.45. The summed E-state index contributed by atoms with van der Waals surface area (Å²) in [5, 5.41) is 8.63. The Bertz CT molecular complexity index is 506. The maximum absolute atomic E-state index is 13.0. The summed E-state index contributed by atoms with van der Waals surface area (Å²) in [4.78, 5) is 10.9. The Morgan fingerprint density at radius 3 is 2.61 bits per heavy atom. The Kier molecular flexibility index (Phi) is 4.25. The number of hydrogen-bond donors (Lipinski definition) is 0. The van der Waals surface area contributed by atoms with Crippen molar-refractivity contribution in [1.29, 1.82) is 5.26 Å². The highest BCUT2D eigenvalue weighted by Crippen LogP contribution is 2.31. The number of aldehydes is 1. The van der Waals surface area contributed by atoms with Crippen molar-refractivity contribution < 1.29 is 18.3 Å². The number of alkyl halides is 2. The second-order valence-corrected chi connectivity index (χ2v) is 4.16. The zero-order chi connectivity index (χ0) is 13.9. The second-order valence-electron chi connectivity index (χ2n) is 3.78. The average Bonchev–Trinajstić information content (AvgIpc) is 2.28. The van der Waals surface area contributed by atoms with Gasteiger partial charge in [0.2, 0.25) is 0 Å². The lowest BCUT2D eigenvalue weighted by Gasteiger charge is -2.22. The lowest BCUT2D eigenvalue weighted by Crippen LogP contribution is -2.32. The fourth-order valence-corrected chi connectivity index (χ4v) is 1.41. The van der Waals surface area contributed by atoms with Crippen LogP contribution in [-0.4, -0.2) is 18.3 Å². The number of nitriles is 1. The molecule has 0 heterocycles. The van der Waals surface area contributed by atoms with Gasteiger partial charge in [0.05, 0.1) is 16.1 Å². The van der Waals surface area contributed by atoms with E-state index < -0.39 is 12.0 Å². The Balaban J connectivity index is 3.16. The quantitative estimate of drug-likeness (QED) is 0.790. The van der Waals surface area contributed by atoms with Crippen LogP contribution in [0.2, 0.25) is 5.02 Å². The summed E-state index contributed by atoms with van der Waals surface area (Å²) >= 11 is 5.79. The standard InChI is InChI=1S/C12H10ClF2NO2/c1-7(12(2,14)15)18-10-4-3-8(5-16)11(13)9(10)6-17/h3-4,6-7H,1-2H3. The Morgan fingerprint density at radius 1 is 1.56 bits per heavy atom. The van der Waals surface area contributed by atoms with Crippen molar-refractivity contribution in [1.82, 2.24) is 0 Å². The van der Waals surface area contributed by atoms with E-state index in [0.29, 0.717) is 13.2 Å².